The van der Waals surface area contributed by atoms with Gasteiger partial charge in [0.1, 0.15) is 5.76 Å². The largest absolute Gasteiger partial charge is 0.451 e. The Hall–Kier alpha value is -1.27. The molecule has 0 aliphatic rings. The van der Waals surface area contributed by atoms with E-state index in [0.29, 0.717) is 16.8 Å². The van der Waals surface area contributed by atoms with Gasteiger partial charge in [0, 0.05) is 19.8 Å². The van der Waals surface area contributed by atoms with Crippen LogP contribution in [0.1, 0.15) is 16.1 Å². The number of nitrogens with one attached hydrogen (secondary N) is 1. The van der Waals surface area contributed by atoms with Crippen molar-refractivity contribution in [1.29, 1.82) is 0 Å². The van der Waals surface area contributed by atoms with Crippen LogP contribution in [0.5, 0.6) is 0 Å². The molecule has 0 spiro atoms. The maximum Gasteiger partial charge on any atom is 0.255 e. The molecule has 1 aromatic carbocycles. The highest BCUT2D eigenvalue weighted by Gasteiger charge is 2.13. The number of furan rings is 1. The Morgan fingerprint density at radius 2 is 2.00 bits per heavy atom. The highest BCUT2D eigenvalue weighted by Crippen LogP contribution is 2.27. The van der Waals surface area contributed by atoms with Crippen molar-refractivity contribution >= 4 is 43.5 Å². The standard InChI is InChI=1S/C14H14Br2N2O2/c1-18(2)14(19)10-5-3-4-6-12(10)17-8-9-7-11(15)13(16)20-9/h3-7,17H,8H2,1-2H3. The van der Waals surface area contributed by atoms with Crippen LogP contribution in [0.15, 0.2) is 43.9 Å². The number of rotatable bonds is 4. The van der Waals surface area contributed by atoms with Gasteiger partial charge in [-0.05, 0) is 50.1 Å². The summed E-state index contributed by atoms with van der Waals surface area (Å²) in [7, 11) is 3.47. The number of carbonyl (C=O) groups is 1. The molecule has 1 N–H and O–H groups in total. The normalized spacial score (nSPS) is 10.4. The van der Waals surface area contributed by atoms with Crippen LogP contribution in [0.25, 0.3) is 0 Å². The van der Waals surface area contributed by atoms with E-state index in [0.717, 1.165) is 15.9 Å². The zero-order valence-electron chi connectivity index (χ0n) is 11.1. The lowest BCUT2D eigenvalue weighted by atomic mass is 10.1. The molecule has 0 bridgehead atoms. The Balaban J connectivity index is 2.15. The molecule has 1 amide bonds. The molecule has 0 unspecified atom stereocenters. The summed E-state index contributed by atoms with van der Waals surface area (Å²) in [5.41, 5.74) is 1.43. The van der Waals surface area contributed by atoms with Gasteiger partial charge in [-0.2, -0.15) is 0 Å². The number of carbonyl (C=O) groups excluding carboxylic acids is 1. The van der Waals surface area contributed by atoms with Crippen molar-refractivity contribution in [3.8, 4) is 0 Å². The van der Waals surface area contributed by atoms with Crippen molar-refractivity contribution in [2.75, 3.05) is 19.4 Å². The third-order valence-electron chi connectivity index (χ3n) is 2.71. The molecule has 0 saturated heterocycles. The van der Waals surface area contributed by atoms with Crippen LogP contribution in [0.4, 0.5) is 5.69 Å². The third kappa shape index (κ3) is 3.43. The van der Waals surface area contributed by atoms with Gasteiger partial charge in [-0.3, -0.25) is 4.79 Å². The number of halogens is 2. The van der Waals surface area contributed by atoms with Crippen LogP contribution in [0.3, 0.4) is 0 Å². The average molecular weight is 402 g/mol. The highest BCUT2D eigenvalue weighted by atomic mass is 79.9. The number of hydrogen-bond acceptors (Lipinski definition) is 3. The molecule has 2 rings (SSSR count). The van der Waals surface area contributed by atoms with E-state index in [-0.39, 0.29) is 5.91 Å². The van der Waals surface area contributed by atoms with Crippen molar-refractivity contribution in [1.82, 2.24) is 4.90 Å². The molecule has 0 radical (unpaired) electrons. The van der Waals surface area contributed by atoms with Crippen molar-refractivity contribution in [3.05, 3.63) is 50.8 Å². The second-order valence-electron chi connectivity index (χ2n) is 4.43. The van der Waals surface area contributed by atoms with Crippen LogP contribution in [-0.2, 0) is 6.54 Å². The fraction of sp³-hybridized carbons (Fsp3) is 0.214. The summed E-state index contributed by atoms with van der Waals surface area (Å²) in [4.78, 5) is 13.6. The Morgan fingerprint density at radius 3 is 2.60 bits per heavy atom. The summed E-state index contributed by atoms with van der Waals surface area (Å²) in [6, 6.07) is 9.31. The van der Waals surface area contributed by atoms with Gasteiger partial charge in [-0.25, -0.2) is 0 Å². The minimum Gasteiger partial charge on any atom is -0.451 e. The van der Waals surface area contributed by atoms with E-state index in [1.165, 1.54) is 0 Å². The lowest BCUT2D eigenvalue weighted by molar-refractivity contribution is 0.0828. The molecule has 1 aromatic heterocycles. The summed E-state index contributed by atoms with van der Waals surface area (Å²) in [5.74, 6) is 0.741. The van der Waals surface area contributed by atoms with Crippen LogP contribution >= 0.6 is 31.9 Å². The van der Waals surface area contributed by atoms with Gasteiger partial charge in [-0.15, -0.1) is 0 Å². The minimum absolute atomic E-state index is 0.0325. The van der Waals surface area contributed by atoms with Crippen molar-refractivity contribution in [2.45, 2.75) is 6.54 Å². The maximum absolute atomic E-state index is 12.1. The topological polar surface area (TPSA) is 45.5 Å². The Bertz CT molecular complexity index is 604. The first-order valence-electron chi connectivity index (χ1n) is 5.97. The van der Waals surface area contributed by atoms with Gasteiger partial charge in [0.25, 0.3) is 5.91 Å². The molecule has 0 saturated carbocycles. The van der Waals surface area contributed by atoms with Crippen LogP contribution in [0.2, 0.25) is 0 Å². The molecular weight excluding hydrogens is 388 g/mol. The Kier molecular flexibility index (Phi) is 4.88. The number of amides is 1. The average Bonchev–Trinajstić information content (AvgIpc) is 2.75. The molecule has 0 aliphatic carbocycles. The summed E-state index contributed by atoms with van der Waals surface area (Å²) < 4.78 is 7.02. The zero-order chi connectivity index (χ0) is 14.7. The van der Waals surface area contributed by atoms with Gasteiger partial charge in [0.2, 0.25) is 0 Å². The predicted octanol–water partition coefficient (Wildman–Crippen LogP) is 4.12. The lowest BCUT2D eigenvalue weighted by Crippen LogP contribution is -2.22. The van der Waals surface area contributed by atoms with Crippen LogP contribution in [-0.4, -0.2) is 24.9 Å². The Morgan fingerprint density at radius 1 is 1.30 bits per heavy atom. The van der Waals surface area contributed by atoms with Crippen LogP contribution in [0, 0.1) is 0 Å². The van der Waals surface area contributed by atoms with Crippen molar-refractivity contribution < 1.29 is 9.21 Å². The summed E-state index contributed by atoms with van der Waals surface area (Å²) >= 11 is 6.67. The number of hydrogen-bond donors (Lipinski definition) is 1. The van der Waals surface area contributed by atoms with Gasteiger partial charge in [0.15, 0.2) is 4.67 Å². The maximum atomic E-state index is 12.1. The van der Waals surface area contributed by atoms with E-state index in [4.69, 9.17) is 4.42 Å². The van der Waals surface area contributed by atoms with E-state index in [1.54, 1.807) is 25.1 Å². The monoisotopic (exact) mass is 400 g/mol. The molecule has 4 nitrogen and oxygen atoms in total. The van der Waals surface area contributed by atoms with E-state index in [1.807, 2.05) is 24.3 Å². The van der Waals surface area contributed by atoms with Crippen molar-refractivity contribution in [2.24, 2.45) is 0 Å². The highest BCUT2D eigenvalue weighted by molar-refractivity contribution is 9.13. The molecule has 0 fully saturated rings. The molecule has 1 heterocycles. The van der Waals surface area contributed by atoms with Gasteiger partial charge in [0.05, 0.1) is 16.6 Å². The second-order valence-corrected chi connectivity index (χ2v) is 6.01. The fourth-order valence-electron chi connectivity index (χ4n) is 1.73. The molecule has 2 aromatic rings. The number of benzene rings is 1. The quantitative estimate of drug-likeness (QED) is 0.838. The summed E-state index contributed by atoms with van der Waals surface area (Å²) in [5, 5.41) is 3.22. The third-order valence-corrected chi connectivity index (χ3v) is 4.42. The second kappa shape index (κ2) is 6.45. The molecule has 0 aliphatic heterocycles. The number of para-hydroxylation sites is 1. The molecule has 106 valence electrons. The summed E-state index contributed by atoms with van der Waals surface area (Å²) in [6.45, 7) is 0.502. The molecule has 20 heavy (non-hydrogen) atoms. The molecule has 6 heteroatoms. The SMILES string of the molecule is CN(C)C(=O)c1ccccc1NCc1cc(Br)c(Br)o1. The summed E-state index contributed by atoms with van der Waals surface area (Å²) in [6.07, 6.45) is 0. The van der Waals surface area contributed by atoms with E-state index < -0.39 is 0 Å². The predicted molar refractivity (Wildman–Crippen MR) is 85.9 cm³/mol. The van der Waals surface area contributed by atoms with E-state index in [2.05, 4.69) is 37.2 Å². The van der Waals surface area contributed by atoms with Gasteiger partial charge < -0.3 is 14.6 Å². The van der Waals surface area contributed by atoms with Crippen molar-refractivity contribution in [3.63, 3.8) is 0 Å². The Labute approximate surface area is 134 Å². The number of anilines is 1. The minimum atomic E-state index is -0.0325. The first-order valence-corrected chi connectivity index (χ1v) is 7.56. The number of nitrogens with zero attached hydrogens (tertiary/aromatic N) is 1. The fourth-order valence-corrected chi connectivity index (χ4v) is 2.38. The smallest absolute Gasteiger partial charge is 0.255 e. The van der Waals surface area contributed by atoms with E-state index in [9.17, 15) is 4.79 Å². The van der Waals surface area contributed by atoms with Gasteiger partial charge in [-0.1, -0.05) is 12.1 Å². The first kappa shape index (κ1) is 15.1. The van der Waals surface area contributed by atoms with Crippen LogP contribution < -0.4 is 5.32 Å². The lowest BCUT2D eigenvalue weighted by Gasteiger charge is -2.14. The first-order chi connectivity index (χ1) is 9.49. The molecular formula is C14H14Br2N2O2. The van der Waals surface area contributed by atoms with E-state index >= 15 is 0 Å². The van der Waals surface area contributed by atoms with Gasteiger partial charge >= 0.3 is 0 Å². The molecule has 0 atom stereocenters. The zero-order valence-corrected chi connectivity index (χ0v) is 14.3.